The quantitative estimate of drug-likeness (QED) is 0.690. The maximum absolute atomic E-state index is 15.3. The van der Waals surface area contributed by atoms with Crippen LogP contribution in [-0.2, 0) is 19.6 Å². The Balaban J connectivity index is 1.72. The zero-order valence-corrected chi connectivity index (χ0v) is 16.3. The van der Waals surface area contributed by atoms with Crippen LogP contribution >= 0.6 is 0 Å². The molecule has 0 aliphatic carbocycles. The number of aromatic carboxylic acids is 1. The molecule has 3 heterocycles. The van der Waals surface area contributed by atoms with E-state index in [4.69, 9.17) is 10.5 Å². The van der Waals surface area contributed by atoms with Crippen molar-refractivity contribution >= 4 is 22.6 Å². The van der Waals surface area contributed by atoms with Crippen LogP contribution in [-0.4, -0.2) is 22.2 Å². The molecule has 0 radical (unpaired) electrons. The van der Waals surface area contributed by atoms with Crippen LogP contribution in [0.4, 0.5) is 10.1 Å². The topological polar surface area (TPSA) is 97.8 Å². The molecule has 1 aromatic heterocycles. The zero-order valence-electron chi connectivity index (χ0n) is 16.3. The fourth-order valence-electron chi connectivity index (χ4n) is 4.39. The normalized spacial score (nSPS) is 17.2. The Morgan fingerprint density at radius 1 is 1.30 bits per heavy atom. The van der Waals surface area contributed by atoms with E-state index in [0.29, 0.717) is 25.2 Å². The van der Waals surface area contributed by atoms with Crippen molar-refractivity contribution in [1.29, 1.82) is 0 Å². The summed E-state index contributed by atoms with van der Waals surface area (Å²) in [5.74, 6) is -1.66. The lowest BCUT2D eigenvalue weighted by atomic mass is 10.1. The second kappa shape index (κ2) is 6.56. The first kappa shape index (κ1) is 18.6. The number of pyridine rings is 1. The lowest BCUT2D eigenvalue weighted by Gasteiger charge is -2.31. The highest BCUT2D eigenvalue weighted by Crippen LogP contribution is 2.44. The molecule has 0 fully saturated rings. The highest BCUT2D eigenvalue weighted by atomic mass is 19.1. The van der Waals surface area contributed by atoms with Crippen molar-refractivity contribution in [2.45, 2.75) is 32.6 Å². The van der Waals surface area contributed by atoms with Gasteiger partial charge in [-0.05, 0) is 29.7 Å². The number of carboxylic acids is 1. The number of aromatic nitrogens is 1. The first-order valence-corrected chi connectivity index (χ1v) is 9.72. The summed E-state index contributed by atoms with van der Waals surface area (Å²) in [6, 6.07) is 6.93. The third-order valence-electron chi connectivity index (χ3n) is 5.92. The minimum Gasteiger partial charge on any atom is -0.487 e. The standard InChI is InChI=1S/C22H20FN3O4/c1-11-10-30-21-18-15(20(27)16(22(28)29)9-26(11)18)5-17(23)19(21)25-7-13-3-2-12(6-24)4-14(13)8-25/h2-5,9,11H,6-8,10,24H2,1H3,(H,28,29). The van der Waals surface area contributed by atoms with Crippen LogP contribution < -0.4 is 20.8 Å². The van der Waals surface area contributed by atoms with Gasteiger partial charge in [-0.3, -0.25) is 4.79 Å². The van der Waals surface area contributed by atoms with Gasteiger partial charge in [0.05, 0.1) is 16.9 Å². The van der Waals surface area contributed by atoms with Crippen LogP contribution in [0.1, 0.15) is 40.0 Å². The van der Waals surface area contributed by atoms with Gasteiger partial charge in [-0.1, -0.05) is 18.2 Å². The number of carbonyl (C=O) groups is 1. The van der Waals surface area contributed by atoms with E-state index in [1.807, 2.05) is 30.0 Å². The summed E-state index contributed by atoms with van der Waals surface area (Å²) < 4.78 is 22.9. The van der Waals surface area contributed by atoms with Gasteiger partial charge in [0, 0.05) is 25.8 Å². The molecule has 2 aromatic carbocycles. The van der Waals surface area contributed by atoms with Crippen LogP contribution in [0.3, 0.4) is 0 Å². The minimum absolute atomic E-state index is 0.0137. The molecule has 0 spiro atoms. The number of ether oxygens (including phenoxy) is 1. The molecular formula is C22H20FN3O4. The first-order chi connectivity index (χ1) is 14.4. The van der Waals surface area contributed by atoms with Gasteiger partial charge in [-0.15, -0.1) is 0 Å². The maximum atomic E-state index is 15.3. The maximum Gasteiger partial charge on any atom is 0.341 e. The molecule has 0 saturated carbocycles. The molecule has 2 aliphatic rings. The number of halogens is 1. The van der Waals surface area contributed by atoms with E-state index in [1.165, 1.54) is 6.20 Å². The molecule has 2 aliphatic heterocycles. The second-order valence-electron chi connectivity index (χ2n) is 7.84. The molecule has 1 unspecified atom stereocenters. The highest BCUT2D eigenvalue weighted by molar-refractivity contribution is 5.97. The van der Waals surface area contributed by atoms with Crippen LogP contribution in [0.15, 0.2) is 35.3 Å². The summed E-state index contributed by atoms with van der Waals surface area (Å²) in [5.41, 5.74) is 8.54. The highest BCUT2D eigenvalue weighted by Gasteiger charge is 2.32. The Bertz CT molecular complexity index is 1280. The molecule has 5 rings (SSSR count). The van der Waals surface area contributed by atoms with E-state index in [9.17, 15) is 14.7 Å². The fourth-order valence-corrected chi connectivity index (χ4v) is 4.39. The van der Waals surface area contributed by atoms with Gasteiger partial charge >= 0.3 is 5.97 Å². The zero-order chi connectivity index (χ0) is 21.2. The van der Waals surface area contributed by atoms with E-state index in [1.54, 1.807) is 4.57 Å². The number of carboxylic acid groups (broad SMARTS) is 1. The van der Waals surface area contributed by atoms with Crippen molar-refractivity contribution in [3.05, 3.63) is 68.8 Å². The van der Waals surface area contributed by atoms with Crippen LogP contribution in [0.25, 0.3) is 10.9 Å². The van der Waals surface area contributed by atoms with E-state index in [-0.39, 0.29) is 35.0 Å². The average molecular weight is 409 g/mol. The molecule has 30 heavy (non-hydrogen) atoms. The minimum atomic E-state index is -1.33. The lowest BCUT2D eigenvalue weighted by Crippen LogP contribution is -2.28. The number of rotatable bonds is 3. The molecule has 0 saturated heterocycles. The molecular weight excluding hydrogens is 389 g/mol. The second-order valence-corrected chi connectivity index (χ2v) is 7.84. The van der Waals surface area contributed by atoms with Crippen molar-refractivity contribution in [3.8, 4) is 5.75 Å². The van der Waals surface area contributed by atoms with Crippen LogP contribution in [0, 0.1) is 5.82 Å². The predicted molar refractivity (Wildman–Crippen MR) is 110 cm³/mol. The van der Waals surface area contributed by atoms with Crippen LogP contribution in [0.5, 0.6) is 5.75 Å². The van der Waals surface area contributed by atoms with Gasteiger partial charge < -0.3 is 25.0 Å². The van der Waals surface area contributed by atoms with Gasteiger partial charge in [0.2, 0.25) is 5.43 Å². The van der Waals surface area contributed by atoms with Gasteiger partial charge in [0.15, 0.2) is 11.6 Å². The van der Waals surface area contributed by atoms with Crippen molar-refractivity contribution in [1.82, 2.24) is 4.57 Å². The van der Waals surface area contributed by atoms with Crippen LogP contribution in [0.2, 0.25) is 0 Å². The van der Waals surface area contributed by atoms with Gasteiger partial charge in [-0.25, -0.2) is 9.18 Å². The largest absolute Gasteiger partial charge is 0.487 e. The van der Waals surface area contributed by atoms with Gasteiger partial charge in [0.25, 0.3) is 0 Å². The number of benzene rings is 2. The monoisotopic (exact) mass is 409 g/mol. The van der Waals surface area contributed by atoms with E-state index < -0.39 is 17.2 Å². The Labute approximate surface area is 171 Å². The molecule has 3 aromatic rings. The summed E-state index contributed by atoms with van der Waals surface area (Å²) in [4.78, 5) is 26.1. The lowest BCUT2D eigenvalue weighted by molar-refractivity contribution is 0.0694. The van der Waals surface area contributed by atoms with Gasteiger partial charge in [0.1, 0.15) is 17.9 Å². The molecule has 3 N–H and O–H groups in total. The smallest absolute Gasteiger partial charge is 0.341 e. The summed E-state index contributed by atoms with van der Waals surface area (Å²) in [5, 5.41) is 9.42. The summed E-state index contributed by atoms with van der Waals surface area (Å²) in [6.07, 6.45) is 1.33. The summed E-state index contributed by atoms with van der Waals surface area (Å²) >= 11 is 0. The van der Waals surface area contributed by atoms with Crippen molar-refractivity contribution in [2.75, 3.05) is 11.5 Å². The summed E-state index contributed by atoms with van der Waals surface area (Å²) in [6.45, 7) is 3.54. The average Bonchev–Trinajstić information content (AvgIpc) is 3.14. The van der Waals surface area contributed by atoms with Crippen molar-refractivity contribution in [3.63, 3.8) is 0 Å². The van der Waals surface area contributed by atoms with E-state index in [2.05, 4.69) is 0 Å². The first-order valence-electron chi connectivity index (χ1n) is 9.72. The van der Waals surface area contributed by atoms with E-state index in [0.717, 1.165) is 22.8 Å². The molecule has 0 bridgehead atoms. The Kier molecular flexibility index (Phi) is 4.08. The third kappa shape index (κ3) is 2.60. The Morgan fingerprint density at radius 2 is 2.07 bits per heavy atom. The number of hydrogen-bond donors (Lipinski definition) is 2. The molecule has 154 valence electrons. The number of anilines is 1. The number of hydrogen-bond acceptors (Lipinski definition) is 5. The Morgan fingerprint density at radius 3 is 2.80 bits per heavy atom. The molecule has 0 amide bonds. The van der Waals surface area contributed by atoms with Gasteiger partial charge in [-0.2, -0.15) is 0 Å². The summed E-state index contributed by atoms with van der Waals surface area (Å²) in [7, 11) is 0. The number of nitrogens with zero attached hydrogens (tertiary/aromatic N) is 2. The number of fused-ring (bicyclic) bond motifs is 1. The van der Waals surface area contributed by atoms with Crippen molar-refractivity contribution in [2.24, 2.45) is 5.73 Å². The number of nitrogens with two attached hydrogens (primary N) is 1. The van der Waals surface area contributed by atoms with Crippen molar-refractivity contribution < 1.29 is 19.0 Å². The third-order valence-corrected chi connectivity index (χ3v) is 5.92. The molecule has 7 nitrogen and oxygen atoms in total. The van der Waals surface area contributed by atoms with E-state index >= 15 is 4.39 Å². The SMILES string of the molecule is CC1COc2c(N3Cc4ccc(CN)cc4C3)c(F)cc3c(=O)c(C(=O)O)cn1c23. The molecule has 8 heteroatoms. The fraction of sp³-hybridized carbons (Fsp3) is 0.273. The predicted octanol–water partition coefficient (Wildman–Crippen LogP) is 2.77. The molecule has 1 atom stereocenters. The Hall–Kier alpha value is -3.39.